The largest absolute Gasteiger partial charge is 0.341 e. The summed E-state index contributed by atoms with van der Waals surface area (Å²) in [5.41, 5.74) is 8.76. The van der Waals surface area contributed by atoms with Crippen molar-refractivity contribution in [2.24, 2.45) is 0 Å². The molecule has 0 N–H and O–H groups in total. The van der Waals surface area contributed by atoms with Crippen LogP contribution in [0.5, 0.6) is 0 Å². The highest BCUT2D eigenvalue weighted by molar-refractivity contribution is 9.10. The molecule has 0 unspecified atom stereocenters. The van der Waals surface area contributed by atoms with Crippen LogP contribution in [-0.2, 0) is 13.0 Å². The fraction of sp³-hybridized carbons (Fsp3) is 0.429. The third kappa shape index (κ3) is 2.52. The summed E-state index contributed by atoms with van der Waals surface area (Å²) in [4.78, 5) is 0. The second kappa shape index (κ2) is 6.32. The molecule has 0 bridgehead atoms. The highest BCUT2D eigenvalue weighted by atomic mass is 79.9. The smallest absolute Gasteiger partial charge is 0.0529 e. The lowest BCUT2D eigenvalue weighted by atomic mass is 9.91. The molecule has 3 rings (SSSR count). The van der Waals surface area contributed by atoms with Gasteiger partial charge < -0.3 is 4.57 Å². The Morgan fingerprint density at radius 3 is 2.39 bits per heavy atom. The average Bonchev–Trinajstić information content (AvgIpc) is 2.86. The van der Waals surface area contributed by atoms with E-state index in [9.17, 15) is 0 Å². The van der Waals surface area contributed by atoms with Crippen molar-refractivity contribution in [1.29, 1.82) is 0 Å². The molecule has 3 aromatic rings. The number of nitrogens with zero attached hydrogens (tertiary/aromatic N) is 1. The van der Waals surface area contributed by atoms with E-state index >= 15 is 0 Å². The van der Waals surface area contributed by atoms with Crippen molar-refractivity contribution in [1.82, 2.24) is 4.57 Å². The van der Waals surface area contributed by atoms with Gasteiger partial charge in [-0.25, -0.2) is 0 Å². The maximum atomic E-state index is 3.66. The van der Waals surface area contributed by atoms with E-state index in [4.69, 9.17) is 0 Å². The van der Waals surface area contributed by atoms with E-state index in [1.54, 1.807) is 5.56 Å². The summed E-state index contributed by atoms with van der Waals surface area (Å²) in [5, 5.41) is 2.84. The number of aryl methyl sites for hydroxylation is 3. The van der Waals surface area contributed by atoms with Crippen LogP contribution < -0.4 is 0 Å². The molecule has 1 aromatic heterocycles. The van der Waals surface area contributed by atoms with E-state index < -0.39 is 0 Å². The first kappa shape index (κ1) is 16.6. The molecule has 2 aromatic carbocycles. The SMILES string of the molecule is CCCCc1c(C)c(C)c(C)c2c3cc(Br)ccc3n(CC)c12. The van der Waals surface area contributed by atoms with Crippen molar-refractivity contribution in [3.63, 3.8) is 0 Å². The van der Waals surface area contributed by atoms with Gasteiger partial charge in [-0.15, -0.1) is 0 Å². The van der Waals surface area contributed by atoms with Crippen LogP contribution in [0.2, 0.25) is 0 Å². The lowest BCUT2D eigenvalue weighted by Gasteiger charge is -2.16. The van der Waals surface area contributed by atoms with Crippen LogP contribution in [0, 0.1) is 20.8 Å². The molecular formula is C21H26BrN. The quantitative estimate of drug-likeness (QED) is 0.472. The fourth-order valence-electron chi connectivity index (χ4n) is 3.88. The summed E-state index contributed by atoms with van der Waals surface area (Å²) in [7, 11) is 0. The molecule has 0 radical (unpaired) electrons. The maximum absolute atomic E-state index is 3.66. The van der Waals surface area contributed by atoms with Gasteiger partial charge in [0.2, 0.25) is 0 Å². The third-order valence-electron chi connectivity index (χ3n) is 5.36. The van der Waals surface area contributed by atoms with E-state index in [2.05, 4.69) is 73.3 Å². The van der Waals surface area contributed by atoms with Crippen molar-refractivity contribution in [3.8, 4) is 0 Å². The zero-order valence-electron chi connectivity index (χ0n) is 14.9. The summed E-state index contributed by atoms with van der Waals surface area (Å²) in [5.74, 6) is 0. The zero-order chi connectivity index (χ0) is 16.7. The van der Waals surface area contributed by atoms with Gasteiger partial charge in [0.15, 0.2) is 0 Å². The van der Waals surface area contributed by atoms with Crippen molar-refractivity contribution in [3.05, 3.63) is 44.9 Å². The number of benzene rings is 2. The van der Waals surface area contributed by atoms with Crippen LogP contribution >= 0.6 is 15.9 Å². The van der Waals surface area contributed by atoms with Crippen LogP contribution in [0.4, 0.5) is 0 Å². The molecule has 0 saturated heterocycles. The third-order valence-corrected chi connectivity index (χ3v) is 5.85. The molecule has 0 aliphatic rings. The molecular weight excluding hydrogens is 346 g/mol. The first-order chi connectivity index (χ1) is 11.0. The molecule has 0 amide bonds. The lowest BCUT2D eigenvalue weighted by Crippen LogP contribution is -2.02. The lowest BCUT2D eigenvalue weighted by molar-refractivity contribution is 0.778. The molecule has 0 atom stereocenters. The Kier molecular flexibility index (Phi) is 4.55. The first-order valence-electron chi connectivity index (χ1n) is 8.71. The second-order valence-electron chi connectivity index (χ2n) is 6.59. The number of rotatable bonds is 4. The van der Waals surface area contributed by atoms with E-state index in [0.29, 0.717) is 0 Å². The van der Waals surface area contributed by atoms with Gasteiger partial charge in [-0.2, -0.15) is 0 Å². The summed E-state index contributed by atoms with van der Waals surface area (Å²) in [6, 6.07) is 6.71. The van der Waals surface area contributed by atoms with Crippen molar-refractivity contribution in [2.45, 2.75) is 60.4 Å². The molecule has 2 heteroatoms. The molecule has 1 heterocycles. The molecule has 23 heavy (non-hydrogen) atoms. The minimum absolute atomic E-state index is 1.02. The number of unbranched alkanes of at least 4 members (excludes halogenated alkanes) is 1. The molecule has 0 fully saturated rings. The Balaban J connectivity index is 2.54. The Morgan fingerprint density at radius 2 is 1.74 bits per heavy atom. The van der Waals surface area contributed by atoms with Crippen molar-refractivity contribution >= 4 is 37.7 Å². The van der Waals surface area contributed by atoms with E-state index in [1.165, 1.54) is 57.8 Å². The van der Waals surface area contributed by atoms with E-state index in [-0.39, 0.29) is 0 Å². The number of hydrogen-bond donors (Lipinski definition) is 0. The van der Waals surface area contributed by atoms with Crippen LogP contribution in [0.1, 0.15) is 48.9 Å². The van der Waals surface area contributed by atoms with Gasteiger partial charge >= 0.3 is 0 Å². The van der Waals surface area contributed by atoms with Gasteiger partial charge in [0.05, 0.1) is 5.52 Å². The predicted molar refractivity (Wildman–Crippen MR) is 106 cm³/mol. The minimum atomic E-state index is 1.02. The highest BCUT2D eigenvalue weighted by Crippen LogP contribution is 2.38. The van der Waals surface area contributed by atoms with Crippen LogP contribution in [0.15, 0.2) is 22.7 Å². The summed E-state index contributed by atoms with van der Waals surface area (Å²) >= 11 is 3.66. The Hall–Kier alpha value is -1.28. The number of fused-ring (bicyclic) bond motifs is 3. The van der Waals surface area contributed by atoms with Crippen LogP contribution in [-0.4, -0.2) is 4.57 Å². The monoisotopic (exact) mass is 371 g/mol. The molecule has 1 nitrogen and oxygen atoms in total. The van der Waals surface area contributed by atoms with Gasteiger partial charge in [0.1, 0.15) is 0 Å². The summed E-state index contributed by atoms with van der Waals surface area (Å²) in [6.45, 7) is 12.4. The molecule has 0 aliphatic heterocycles. The maximum Gasteiger partial charge on any atom is 0.0529 e. The second-order valence-corrected chi connectivity index (χ2v) is 7.50. The van der Waals surface area contributed by atoms with Gasteiger partial charge in [-0.3, -0.25) is 0 Å². The van der Waals surface area contributed by atoms with E-state index in [0.717, 1.165) is 11.0 Å². The first-order valence-corrected chi connectivity index (χ1v) is 9.50. The topological polar surface area (TPSA) is 4.93 Å². The van der Waals surface area contributed by atoms with Gasteiger partial charge in [-0.05, 0) is 81.0 Å². The highest BCUT2D eigenvalue weighted by Gasteiger charge is 2.19. The predicted octanol–water partition coefficient (Wildman–Crippen LogP) is 6.84. The Morgan fingerprint density at radius 1 is 1.00 bits per heavy atom. The van der Waals surface area contributed by atoms with E-state index in [1.807, 2.05) is 0 Å². The number of hydrogen-bond acceptors (Lipinski definition) is 0. The molecule has 0 saturated carbocycles. The van der Waals surface area contributed by atoms with Gasteiger partial charge in [-0.1, -0.05) is 29.3 Å². The van der Waals surface area contributed by atoms with Crippen molar-refractivity contribution < 1.29 is 0 Å². The fourth-order valence-corrected chi connectivity index (χ4v) is 4.24. The Labute approximate surface area is 147 Å². The van der Waals surface area contributed by atoms with Crippen LogP contribution in [0.25, 0.3) is 21.8 Å². The standard InChI is InChI=1S/C21H26BrN/c1-6-8-9-17-14(4)13(3)15(5)20-18-12-16(22)10-11-19(18)23(7-2)21(17)20/h10-12H,6-9H2,1-5H3. The normalized spacial score (nSPS) is 11.7. The molecule has 0 aliphatic carbocycles. The zero-order valence-corrected chi connectivity index (χ0v) is 16.5. The van der Waals surface area contributed by atoms with Gasteiger partial charge in [0, 0.05) is 27.3 Å². The summed E-state index contributed by atoms with van der Waals surface area (Å²) in [6.07, 6.45) is 3.68. The summed E-state index contributed by atoms with van der Waals surface area (Å²) < 4.78 is 3.68. The average molecular weight is 372 g/mol. The molecule has 122 valence electrons. The molecule has 0 spiro atoms. The number of halogens is 1. The van der Waals surface area contributed by atoms with Crippen LogP contribution in [0.3, 0.4) is 0 Å². The number of aromatic nitrogens is 1. The Bertz CT molecular complexity index is 886. The van der Waals surface area contributed by atoms with Crippen molar-refractivity contribution in [2.75, 3.05) is 0 Å². The van der Waals surface area contributed by atoms with Gasteiger partial charge in [0.25, 0.3) is 0 Å². The minimum Gasteiger partial charge on any atom is -0.341 e.